The van der Waals surface area contributed by atoms with Crippen molar-refractivity contribution in [2.45, 2.75) is 49.2 Å². The molecule has 0 radical (unpaired) electrons. The molecule has 1 aromatic rings. The molecule has 0 spiro atoms. The van der Waals surface area contributed by atoms with Gasteiger partial charge in [0.15, 0.2) is 0 Å². The number of nitrogens with one attached hydrogen (secondary N) is 1. The molecule has 0 bridgehead atoms. The quantitative estimate of drug-likeness (QED) is 0.560. The Morgan fingerprint density at radius 2 is 2.33 bits per heavy atom. The van der Waals surface area contributed by atoms with E-state index in [-0.39, 0.29) is 12.1 Å². The molecule has 0 saturated heterocycles. The van der Waals surface area contributed by atoms with E-state index >= 15 is 0 Å². The molecule has 1 heterocycles. The van der Waals surface area contributed by atoms with E-state index in [9.17, 15) is 5.11 Å². The van der Waals surface area contributed by atoms with Gasteiger partial charge in [0.05, 0.1) is 11.6 Å². The fraction of sp³-hybridized carbons (Fsp3) is 0.643. The fourth-order valence-electron chi connectivity index (χ4n) is 1.99. The fourth-order valence-corrected chi connectivity index (χ4v) is 2.80. The Kier molecular flexibility index (Phi) is 5.03. The third-order valence-electron chi connectivity index (χ3n) is 3.24. The maximum absolute atomic E-state index is 9.50. The highest BCUT2D eigenvalue weighted by Crippen LogP contribution is 2.25. The molecule has 100 valence electrons. The Bertz CT molecular complexity index is 356. The first-order chi connectivity index (χ1) is 8.72. The maximum Gasteiger partial charge on any atom is 0.0959 e. The van der Waals surface area contributed by atoms with E-state index in [1.54, 1.807) is 11.8 Å². The van der Waals surface area contributed by atoms with Crippen LogP contribution in [0.2, 0.25) is 0 Å². The van der Waals surface area contributed by atoms with E-state index in [2.05, 4.69) is 17.2 Å². The largest absolute Gasteiger partial charge is 0.394 e. The third kappa shape index (κ3) is 4.59. The summed E-state index contributed by atoms with van der Waals surface area (Å²) >= 11 is 1.79. The zero-order chi connectivity index (χ0) is 12.8. The van der Waals surface area contributed by atoms with Gasteiger partial charge in [0.1, 0.15) is 0 Å². The highest BCUT2D eigenvalue weighted by atomic mass is 32.2. The van der Waals surface area contributed by atoms with Crippen LogP contribution in [0.25, 0.3) is 0 Å². The van der Waals surface area contributed by atoms with Crippen LogP contribution in [0.3, 0.4) is 0 Å². The lowest BCUT2D eigenvalue weighted by molar-refractivity contribution is 0.163. The van der Waals surface area contributed by atoms with Crippen LogP contribution >= 0.6 is 11.8 Å². The van der Waals surface area contributed by atoms with E-state index in [0.717, 1.165) is 23.6 Å². The summed E-state index contributed by atoms with van der Waals surface area (Å²) in [5.41, 5.74) is -0.105. The van der Waals surface area contributed by atoms with Crippen LogP contribution in [0.15, 0.2) is 29.4 Å². The molecule has 1 aliphatic carbocycles. The Balaban J connectivity index is 1.67. The SMILES string of the molecule is CC(CO)(CCCSc1ccccn1)NC1CC1. The number of hydrogen-bond acceptors (Lipinski definition) is 4. The van der Waals surface area contributed by atoms with Crippen LogP contribution in [-0.2, 0) is 0 Å². The first kappa shape index (κ1) is 13.8. The summed E-state index contributed by atoms with van der Waals surface area (Å²) in [6.07, 6.45) is 6.46. The lowest BCUT2D eigenvalue weighted by Gasteiger charge is -2.29. The van der Waals surface area contributed by atoms with Gasteiger partial charge >= 0.3 is 0 Å². The Morgan fingerprint density at radius 3 is 2.94 bits per heavy atom. The number of aliphatic hydroxyl groups excluding tert-OH is 1. The van der Waals surface area contributed by atoms with Gasteiger partial charge in [-0.15, -0.1) is 11.8 Å². The maximum atomic E-state index is 9.50. The van der Waals surface area contributed by atoms with Gasteiger partial charge in [-0.05, 0) is 50.5 Å². The normalized spacial score (nSPS) is 18.6. The number of nitrogens with zero attached hydrogens (tertiary/aromatic N) is 1. The molecule has 3 nitrogen and oxygen atoms in total. The van der Waals surface area contributed by atoms with Crippen molar-refractivity contribution in [3.05, 3.63) is 24.4 Å². The average molecular weight is 266 g/mol. The molecule has 0 aliphatic heterocycles. The summed E-state index contributed by atoms with van der Waals surface area (Å²) in [6, 6.07) is 6.64. The van der Waals surface area contributed by atoms with Crippen molar-refractivity contribution in [1.29, 1.82) is 0 Å². The van der Waals surface area contributed by atoms with Gasteiger partial charge in [-0.1, -0.05) is 6.07 Å². The van der Waals surface area contributed by atoms with E-state index in [1.807, 2.05) is 24.4 Å². The molecule has 1 fully saturated rings. The van der Waals surface area contributed by atoms with Crippen molar-refractivity contribution in [3.8, 4) is 0 Å². The zero-order valence-electron chi connectivity index (χ0n) is 10.9. The summed E-state index contributed by atoms with van der Waals surface area (Å²) in [5, 5.41) is 14.1. The van der Waals surface area contributed by atoms with Crippen LogP contribution in [0.4, 0.5) is 0 Å². The lowest BCUT2D eigenvalue weighted by atomic mass is 9.97. The van der Waals surface area contributed by atoms with Crippen molar-refractivity contribution in [2.75, 3.05) is 12.4 Å². The highest BCUT2D eigenvalue weighted by Gasteiger charge is 2.31. The van der Waals surface area contributed by atoms with Gasteiger partial charge < -0.3 is 10.4 Å². The molecule has 0 aromatic carbocycles. The minimum Gasteiger partial charge on any atom is -0.394 e. The minimum absolute atomic E-state index is 0.105. The van der Waals surface area contributed by atoms with Crippen LogP contribution in [0.5, 0.6) is 0 Å². The molecule has 2 rings (SSSR count). The second kappa shape index (κ2) is 6.55. The summed E-state index contributed by atoms with van der Waals surface area (Å²) in [5.74, 6) is 1.05. The number of thioether (sulfide) groups is 1. The van der Waals surface area contributed by atoms with Crippen molar-refractivity contribution in [1.82, 2.24) is 10.3 Å². The molecule has 1 unspecified atom stereocenters. The number of pyridine rings is 1. The Labute approximate surface area is 113 Å². The average Bonchev–Trinajstić information content (AvgIpc) is 3.20. The number of aromatic nitrogens is 1. The summed E-state index contributed by atoms with van der Waals surface area (Å²) in [6.45, 7) is 2.34. The molecule has 1 aromatic heterocycles. The van der Waals surface area contributed by atoms with Crippen molar-refractivity contribution < 1.29 is 5.11 Å². The second-order valence-corrected chi connectivity index (χ2v) is 6.37. The van der Waals surface area contributed by atoms with Gasteiger partial charge in [-0.2, -0.15) is 0 Å². The number of aliphatic hydroxyl groups is 1. The molecule has 1 atom stereocenters. The van der Waals surface area contributed by atoms with Crippen LogP contribution < -0.4 is 5.32 Å². The van der Waals surface area contributed by atoms with Gasteiger partial charge in [0.25, 0.3) is 0 Å². The number of rotatable bonds is 8. The minimum atomic E-state index is -0.105. The predicted octanol–water partition coefficient (Wildman–Crippen LogP) is 2.46. The molecule has 2 N–H and O–H groups in total. The lowest BCUT2D eigenvalue weighted by Crippen LogP contribution is -2.46. The zero-order valence-corrected chi connectivity index (χ0v) is 11.7. The molecular formula is C14H22N2OS. The summed E-state index contributed by atoms with van der Waals surface area (Å²) in [7, 11) is 0. The topological polar surface area (TPSA) is 45.2 Å². The first-order valence-electron chi connectivity index (χ1n) is 6.64. The third-order valence-corrected chi connectivity index (χ3v) is 4.27. The first-order valence-corrected chi connectivity index (χ1v) is 7.63. The molecular weight excluding hydrogens is 244 g/mol. The van der Waals surface area contributed by atoms with Gasteiger partial charge in [-0.3, -0.25) is 0 Å². The second-order valence-electron chi connectivity index (χ2n) is 5.26. The highest BCUT2D eigenvalue weighted by molar-refractivity contribution is 7.99. The van der Waals surface area contributed by atoms with Gasteiger partial charge in [0, 0.05) is 17.8 Å². The Morgan fingerprint density at radius 1 is 1.50 bits per heavy atom. The van der Waals surface area contributed by atoms with Crippen molar-refractivity contribution in [2.24, 2.45) is 0 Å². The monoisotopic (exact) mass is 266 g/mol. The smallest absolute Gasteiger partial charge is 0.0959 e. The molecule has 1 saturated carbocycles. The molecule has 18 heavy (non-hydrogen) atoms. The molecule has 1 aliphatic rings. The van der Waals surface area contributed by atoms with Gasteiger partial charge in [-0.25, -0.2) is 4.98 Å². The van der Waals surface area contributed by atoms with Crippen LogP contribution in [0, 0.1) is 0 Å². The standard InChI is InChI=1S/C14H22N2OS/c1-14(11-17,16-12-6-7-12)8-4-10-18-13-5-2-3-9-15-13/h2-3,5,9,12,16-17H,4,6-8,10-11H2,1H3. The van der Waals surface area contributed by atoms with Crippen molar-refractivity contribution >= 4 is 11.8 Å². The summed E-state index contributed by atoms with van der Waals surface area (Å²) in [4.78, 5) is 4.29. The van der Waals surface area contributed by atoms with E-state index in [4.69, 9.17) is 0 Å². The van der Waals surface area contributed by atoms with Crippen molar-refractivity contribution in [3.63, 3.8) is 0 Å². The molecule has 4 heteroatoms. The van der Waals surface area contributed by atoms with E-state index in [1.165, 1.54) is 12.8 Å². The number of hydrogen-bond donors (Lipinski definition) is 2. The van der Waals surface area contributed by atoms with E-state index in [0.29, 0.717) is 6.04 Å². The van der Waals surface area contributed by atoms with Crippen LogP contribution in [0.1, 0.15) is 32.6 Å². The van der Waals surface area contributed by atoms with Crippen LogP contribution in [-0.4, -0.2) is 34.0 Å². The molecule has 0 amide bonds. The van der Waals surface area contributed by atoms with Gasteiger partial charge in [0.2, 0.25) is 0 Å². The Hall–Kier alpha value is -0.580. The predicted molar refractivity (Wildman–Crippen MR) is 75.8 cm³/mol. The summed E-state index contributed by atoms with van der Waals surface area (Å²) < 4.78 is 0. The van der Waals surface area contributed by atoms with E-state index < -0.39 is 0 Å².